The summed E-state index contributed by atoms with van der Waals surface area (Å²) in [5.74, 6) is -0.383. The van der Waals surface area contributed by atoms with Crippen molar-refractivity contribution in [3.05, 3.63) is 71.8 Å². The lowest BCUT2D eigenvalue weighted by Gasteiger charge is -2.22. The Hall–Kier alpha value is -2.13. The van der Waals surface area contributed by atoms with Crippen molar-refractivity contribution in [2.45, 2.75) is 45.3 Å². The van der Waals surface area contributed by atoms with Crippen molar-refractivity contribution >= 4 is 5.97 Å². The van der Waals surface area contributed by atoms with Crippen molar-refractivity contribution in [3.8, 4) is 0 Å². The molecule has 3 nitrogen and oxygen atoms in total. The number of esters is 1. The van der Waals surface area contributed by atoms with Crippen LogP contribution in [0.2, 0.25) is 0 Å². The van der Waals surface area contributed by atoms with E-state index < -0.39 is 6.10 Å². The molecule has 0 heterocycles. The summed E-state index contributed by atoms with van der Waals surface area (Å²) >= 11 is 0. The highest BCUT2D eigenvalue weighted by molar-refractivity contribution is 5.71. The summed E-state index contributed by atoms with van der Waals surface area (Å²) in [5.41, 5.74) is 2.06. The molecule has 128 valence electrons. The lowest BCUT2D eigenvalue weighted by Crippen LogP contribution is -2.24. The van der Waals surface area contributed by atoms with Crippen LogP contribution in [0.1, 0.15) is 43.9 Å². The molecule has 24 heavy (non-hydrogen) atoms. The molecule has 0 aliphatic heterocycles. The first-order valence-electron chi connectivity index (χ1n) is 8.53. The smallest absolute Gasteiger partial charge is 0.308 e. The topological polar surface area (TPSA) is 46.5 Å². The van der Waals surface area contributed by atoms with E-state index in [-0.39, 0.29) is 18.0 Å². The van der Waals surface area contributed by atoms with Crippen LogP contribution in [0.5, 0.6) is 0 Å². The van der Waals surface area contributed by atoms with Crippen LogP contribution in [0.25, 0.3) is 0 Å². The van der Waals surface area contributed by atoms with Gasteiger partial charge in [0, 0.05) is 6.42 Å². The average molecular weight is 326 g/mol. The second-order valence-corrected chi connectivity index (χ2v) is 6.40. The van der Waals surface area contributed by atoms with Crippen molar-refractivity contribution in [1.82, 2.24) is 0 Å². The fourth-order valence-electron chi connectivity index (χ4n) is 2.56. The standard InChI is InChI=1S/C21H26O3/c1-16(2)21(23)24-19(14-13-17-9-5-3-6-10-17)15-20(22)18-11-7-4-8-12-18/h3-12,16,19-20,22H,13-15H2,1-2H3. The van der Waals surface area contributed by atoms with Crippen LogP contribution in [0, 0.1) is 5.92 Å². The molecular weight excluding hydrogens is 300 g/mol. The van der Waals surface area contributed by atoms with Gasteiger partial charge in [-0.25, -0.2) is 0 Å². The Balaban J connectivity index is 2.00. The first kappa shape index (κ1) is 18.2. The van der Waals surface area contributed by atoms with Gasteiger partial charge in [-0.05, 0) is 24.0 Å². The van der Waals surface area contributed by atoms with Crippen LogP contribution in [-0.2, 0) is 16.0 Å². The third kappa shape index (κ3) is 5.82. The van der Waals surface area contributed by atoms with Crippen LogP contribution in [0.15, 0.2) is 60.7 Å². The molecule has 0 radical (unpaired) electrons. The second-order valence-electron chi connectivity index (χ2n) is 6.40. The molecule has 2 rings (SSSR count). The van der Waals surface area contributed by atoms with Gasteiger partial charge in [0.1, 0.15) is 6.10 Å². The summed E-state index contributed by atoms with van der Waals surface area (Å²) in [6, 6.07) is 19.6. The first-order valence-corrected chi connectivity index (χ1v) is 8.53. The van der Waals surface area contributed by atoms with E-state index in [2.05, 4.69) is 12.1 Å². The molecular formula is C21H26O3. The molecule has 0 saturated heterocycles. The van der Waals surface area contributed by atoms with Crippen molar-refractivity contribution in [2.24, 2.45) is 5.92 Å². The van der Waals surface area contributed by atoms with E-state index in [1.165, 1.54) is 5.56 Å². The van der Waals surface area contributed by atoms with Gasteiger partial charge in [-0.3, -0.25) is 4.79 Å². The number of benzene rings is 2. The average Bonchev–Trinajstić information content (AvgIpc) is 2.61. The van der Waals surface area contributed by atoms with Gasteiger partial charge < -0.3 is 9.84 Å². The minimum atomic E-state index is -0.632. The van der Waals surface area contributed by atoms with Crippen molar-refractivity contribution in [1.29, 1.82) is 0 Å². The number of ether oxygens (including phenoxy) is 1. The predicted molar refractivity (Wildman–Crippen MR) is 95.5 cm³/mol. The number of aliphatic hydroxyl groups excluding tert-OH is 1. The molecule has 0 saturated carbocycles. The number of hydrogen-bond donors (Lipinski definition) is 1. The summed E-state index contributed by atoms with van der Waals surface area (Å²) in [7, 11) is 0. The van der Waals surface area contributed by atoms with Crippen molar-refractivity contribution in [3.63, 3.8) is 0 Å². The Kier molecular flexibility index (Phi) is 7.01. The highest BCUT2D eigenvalue weighted by Crippen LogP contribution is 2.23. The maximum absolute atomic E-state index is 12.0. The highest BCUT2D eigenvalue weighted by Gasteiger charge is 2.21. The van der Waals surface area contributed by atoms with Gasteiger partial charge in [0.05, 0.1) is 12.0 Å². The SMILES string of the molecule is CC(C)C(=O)OC(CCc1ccccc1)CC(O)c1ccccc1. The molecule has 0 fully saturated rings. The molecule has 0 aliphatic carbocycles. The molecule has 2 atom stereocenters. The third-order valence-corrected chi connectivity index (χ3v) is 4.02. The zero-order valence-electron chi connectivity index (χ0n) is 14.4. The molecule has 0 aromatic heterocycles. The first-order chi connectivity index (χ1) is 11.6. The molecule has 0 bridgehead atoms. The largest absolute Gasteiger partial charge is 0.462 e. The van der Waals surface area contributed by atoms with Crippen LogP contribution in [0.3, 0.4) is 0 Å². The lowest BCUT2D eigenvalue weighted by atomic mass is 9.98. The van der Waals surface area contributed by atoms with Gasteiger partial charge in [-0.2, -0.15) is 0 Å². The van der Waals surface area contributed by atoms with Gasteiger partial charge in [0.25, 0.3) is 0 Å². The fourth-order valence-corrected chi connectivity index (χ4v) is 2.56. The van der Waals surface area contributed by atoms with Gasteiger partial charge in [0.2, 0.25) is 0 Å². The van der Waals surface area contributed by atoms with E-state index in [0.29, 0.717) is 12.8 Å². The molecule has 1 N–H and O–H groups in total. The van der Waals surface area contributed by atoms with Crippen molar-refractivity contribution in [2.75, 3.05) is 0 Å². The fraction of sp³-hybridized carbons (Fsp3) is 0.381. The number of aryl methyl sites for hydroxylation is 1. The van der Waals surface area contributed by atoms with Gasteiger partial charge >= 0.3 is 5.97 Å². The minimum absolute atomic E-state index is 0.168. The third-order valence-electron chi connectivity index (χ3n) is 4.02. The number of carbonyl (C=O) groups excluding carboxylic acids is 1. The van der Waals surface area contributed by atoms with E-state index in [4.69, 9.17) is 4.74 Å². The van der Waals surface area contributed by atoms with Gasteiger partial charge in [-0.15, -0.1) is 0 Å². The Bertz CT molecular complexity index is 607. The zero-order chi connectivity index (χ0) is 17.4. The van der Waals surface area contributed by atoms with Gasteiger partial charge in [-0.1, -0.05) is 74.5 Å². The number of aliphatic hydroxyl groups is 1. The summed E-state index contributed by atoms with van der Waals surface area (Å²) in [4.78, 5) is 12.0. The Labute approximate surface area is 144 Å². The monoisotopic (exact) mass is 326 g/mol. The van der Waals surface area contributed by atoms with E-state index in [1.807, 2.05) is 62.4 Å². The van der Waals surface area contributed by atoms with Crippen molar-refractivity contribution < 1.29 is 14.6 Å². The molecule has 0 aliphatic rings. The zero-order valence-corrected chi connectivity index (χ0v) is 14.4. The maximum atomic E-state index is 12.0. The highest BCUT2D eigenvalue weighted by atomic mass is 16.5. The molecule has 3 heteroatoms. The molecule has 2 aromatic carbocycles. The summed E-state index contributed by atoms with van der Waals surface area (Å²) in [6.45, 7) is 3.65. The number of rotatable bonds is 8. The van der Waals surface area contributed by atoms with Crippen LogP contribution >= 0.6 is 0 Å². The Morgan fingerprint density at radius 1 is 1.00 bits per heavy atom. The minimum Gasteiger partial charge on any atom is -0.462 e. The predicted octanol–water partition coefficient (Wildman–Crippen LogP) is 4.31. The van der Waals surface area contributed by atoms with E-state index >= 15 is 0 Å². The van der Waals surface area contributed by atoms with Gasteiger partial charge in [0.15, 0.2) is 0 Å². The van der Waals surface area contributed by atoms with E-state index in [9.17, 15) is 9.90 Å². The Morgan fingerprint density at radius 3 is 2.17 bits per heavy atom. The summed E-state index contributed by atoms with van der Waals surface area (Å²) < 4.78 is 5.63. The quantitative estimate of drug-likeness (QED) is 0.735. The van der Waals surface area contributed by atoms with Crippen LogP contribution in [-0.4, -0.2) is 17.2 Å². The van der Waals surface area contributed by atoms with Crippen LogP contribution < -0.4 is 0 Å². The van der Waals surface area contributed by atoms with Crippen LogP contribution in [0.4, 0.5) is 0 Å². The van der Waals surface area contributed by atoms with E-state index in [1.54, 1.807) is 0 Å². The summed E-state index contributed by atoms with van der Waals surface area (Å²) in [6.07, 6.45) is 1.00. The molecule has 0 spiro atoms. The maximum Gasteiger partial charge on any atom is 0.308 e. The second kappa shape index (κ2) is 9.24. The molecule has 2 aromatic rings. The number of carbonyl (C=O) groups is 1. The molecule has 2 unspecified atom stereocenters. The lowest BCUT2D eigenvalue weighted by molar-refractivity contribution is -0.154. The molecule has 0 amide bonds. The number of hydrogen-bond acceptors (Lipinski definition) is 3. The summed E-state index contributed by atoms with van der Waals surface area (Å²) in [5, 5.41) is 10.4. The van der Waals surface area contributed by atoms with E-state index in [0.717, 1.165) is 12.0 Å². The Morgan fingerprint density at radius 2 is 1.58 bits per heavy atom. The normalized spacial score (nSPS) is 13.5.